The Balaban J connectivity index is 1.72. The van der Waals surface area contributed by atoms with Gasteiger partial charge in [-0.15, -0.1) is 0 Å². The maximum Gasteiger partial charge on any atom is 0.272 e. The van der Waals surface area contributed by atoms with Gasteiger partial charge in [0.15, 0.2) is 0 Å². The van der Waals surface area contributed by atoms with Gasteiger partial charge in [0, 0.05) is 22.7 Å². The number of para-hydroxylation sites is 1. The molecule has 0 bridgehead atoms. The quantitative estimate of drug-likeness (QED) is 0.779. The summed E-state index contributed by atoms with van der Waals surface area (Å²) < 4.78 is 5.76. The molecule has 0 aliphatic carbocycles. The molecule has 0 unspecified atom stereocenters. The van der Waals surface area contributed by atoms with Crippen molar-refractivity contribution in [3.8, 4) is 5.75 Å². The Bertz CT molecular complexity index is 881. The summed E-state index contributed by atoms with van der Waals surface area (Å²) in [7, 11) is 0. The minimum Gasteiger partial charge on any atom is -0.487 e. The molecule has 3 aromatic rings. The SMILES string of the molecule is O=C1NN=C(COc2ccccc2)c2c[nH]c3cccc1c23. The average molecular weight is 291 g/mol. The van der Waals surface area contributed by atoms with Crippen LogP contribution in [0.1, 0.15) is 15.9 Å². The Morgan fingerprint density at radius 3 is 2.73 bits per heavy atom. The molecule has 1 amide bonds. The third-order valence-corrected chi connectivity index (χ3v) is 3.67. The summed E-state index contributed by atoms with van der Waals surface area (Å²) in [6, 6.07) is 15.1. The largest absolute Gasteiger partial charge is 0.487 e. The van der Waals surface area contributed by atoms with Crippen LogP contribution in [-0.2, 0) is 0 Å². The van der Waals surface area contributed by atoms with Gasteiger partial charge in [-0.1, -0.05) is 24.3 Å². The van der Waals surface area contributed by atoms with Crippen LogP contribution in [0.15, 0.2) is 59.8 Å². The van der Waals surface area contributed by atoms with Crippen molar-refractivity contribution in [3.05, 3.63) is 65.9 Å². The third kappa shape index (κ3) is 2.03. The molecule has 0 fully saturated rings. The number of ether oxygens (including phenoxy) is 1. The lowest BCUT2D eigenvalue weighted by Crippen LogP contribution is -2.20. The Labute approximate surface area is 126 Å². The van der Waals surface area contributed by atoms with E-state index in [4.69, 9.17) is 4.74 Å². The van der Waals surface area contributed by atoms with Crippen LogP contribution in [0.2, 0.25) is 0 Å². The summed E-state index contributed by atoms with van der Waals surface area (Å²) in [4.78, 5) is 15.3. The standard InChI is InChI=1S/C17H13N3O2/c21-17-12-7-4-8-14-16(12)13(9-18-14)15(19-20-17)10-22-11-5-2-1-3-6-11/h1-9,18H,10H2,(H,20,21). The molecule has 0 atom stereocenters. The third-order valence-electron chi connectivity index (χ3n) is 3.67. The monoisotopic (exact) mass is 291 g/mol. The number of hydrazone groups is 1. The molecule has 1 aliphatic heterocycles. The van der Waals surface area contributed by atoms with E-state index in [-0.39, 0.29) is 12.5 Å². The summed E-state index contributed by atoms with van der Waals surface area (Å²) in [6.07, 6.45) is 1.86. The van der Waals surface area contributed by atoms with Gasteiger partial charge in [0.2, 0.25) is 0 Å². The number of carbonyl (C=O) groups excluding carboxylic acids is 1. The zero-order chi connectivity index (χ0) is 14.9. The van der Waals surface area contributed by atoms with E-state index in [1.54, 1.807) is 6.07 Å². The summed E-state index contributed by atoms with van der Waals surface area (Å²) >= 11 is 0. The van der Waals surface area contributed by atoms with Gasteiger partial charge in [0.25, 0.3) is 5.91 Å². The topological polar surface area (TPSA) is 66.5 Å². The fourth-order valence-corrected chi connectivity index (χ4v) is 2.62. The molecule has 5 heteroatoms. The molecule has 4 rings (SSSR count). The molecular formula is C17H13N3O2. The molecule has 1 aromatic heterocycles. The van der Waals surface area contributed by atoms with Crippen LogP contribution in [0.5, 0.6) is 5.75 Å². The molecule has 0 spiro atoms. The van der Waals surface area contributed by atoms with Gasteiger partial charge in [-0.2, -0.15) is 5.10 Å². The van der Waals surface area contributed by atoms with Crippen molar-refractivity contribution in [2.45, 2.75) is 0 Å². The first-order valence-corrected chi connectivity index (χ1v) is 6.98. The molecule has 2 heterocycles. The lowest BCUT2D eigenvalue weighted by Gasteiger charge is -2.07. The summed E-state index contributed by atoms with van der Waals surface area (Å²) in [6.45, 7) is 0.283. The number of H-pyrrole nitrogens is 1. The predicted octanol–water partition coefficient (Wildman–Crippen LogP) is 2.69. The highest BCUT2D eigenvalue weighted by molar-refractivity contribution is 6.19. The first-order chi connectivity index (χ1) is 10.8. The minimum absolute atomic E-state index is 0.207. The van der Waals surface area contributed by atoms with Crippen molar-refractivity contribution in [2.75, 3.05) is 6.61 Å². The van der Waals surface area contributed by atoms with Crippen molar-refractivity contribution in [3.63, 3.8) is 0 Å². The molecule has 0 saturated carbocycles. The number of amides is 1. The van der Waals surface area contributed by atoms with Crippen LogP contribution in [0.4, 0.5) is 0 Å². The molecular weight excluding hydrogens is 278 g/mol. The van der Waals surface area contributed by atoms with E-state index in [1.165, 1.54) is 0 Å². The van der Waals surface area contributed by atoms with E-state index >= 15 is 0 Å². The smallest absolute Gasteiger partial charge is 0.272 e. The Hall–Kier alpha value is -3.08. The summed E-state index contributed by atoms with van der Waals surface area (Å²) in [5.41, 5.74) is 5.69. The van der Waals surface area contributed by atoms with Crippen molar-refractivity contribution in [1.29, 1.82) is 0 Å². The predicted molar refractivity (Wildman–Crippen MR) is 84.2 cm³/mol. The number of hydrogen-bond donors (Lipinski definition) is 2. The average Bonchev–Trinajstić information content (AvgIpc) is 2.93. The van der Waals surface area contributed by atoms with Gasteiger partial charge in [-0.25, -0.2) is 5.43 Å². The van der Waals surface area contributed by atoms with E-state index in [0.29, 0.717) is 11.3 Å². The number of nitrogens with one attached hydrogen (secondary N) is 2. The summed E-state index contributed by atoms with van der Waals surface area (Å²) in [5.74, 6) is 0.557. The molecule has 5 nitrogen and oxygen atoms in total. The van der Waals surface area contributed by atoms with E-state index < -0.39 is 0 Å². The normalized spacial score (nSPS) is 13.5. The van der Waals surface area contributed by atoms with Crippen molar-refractivity contribution in [2.24, 2.45) is 5.10 Å². The van der Waals surface area contributed by atoms with E-state index in [0.717, 1.165) is 22.2 Å². The Morgan fingerprint density at radius 1 is 1.00 bits per heavy atom. The highest BCUT2D eigenvalue weighted by atomic mass is 16.5. The van der Waals surface area contributed by atoms with Crippen molar-refractivity contribution >= 4 is 22.5 Å². The molecule has 22 heavy (non-hydrogen) atoms. The molecule has 2 N–H and O–H groups in total. The van der Waals surface area contributed by atoms with Gasteiger partial charge in [-0.05, 0) is 24.3 Å². The second-order valence-corrected chi connectivity index (χ2v) is 5.03. The molecule has 0 saturated heterocycles. The first-order valence-electron chi connectivity index (χ1n) is 6.98. The van der Waals surface area contributed by atoms with Crippen LogP contribution < -0.4 is 10.2 Å². The number of carbonyl (C=O) groups is 1. The second kappa shape index (κ2) is 5.04. The van der Waals surface area contributed by atoms with Crippen LogP contribution in [0.25, 0.3) is 10.9 Å². The molecule has 1 aliphatic rings. The molecule has 0 radical (unpaired) electrons. The minimum atomic E-state index is -0.207. The number of nitrogens with zero attached hydrogens (tertiary/aromatic N) is 1. The zero-order valence-corrected chi connectivity index (χ0v) is 11.7. The maximum absolute atomic E-state index is 12.1. The van der Waals surface area contributed by atoms with Gasteiger partial charge >= 0.3 is 0 Å². The first kappa shape index (κ1) is 12.6. The van der Waals surface area contributed by atoms with Crippen LogP contribution in [0.3, 0.4) is 0 Å². The number of aromatic amines is 1. The van der Waals surface area contributed by atoms with Gasteiger partial charge in [-0.3, -0.25) is 4.79 Å². The second-order valence-electron chi connectivity index (χ2n) is 5.03. The van der Waals surface area contributed by atoms with E-state index in [9.17, 15) is 4.79 Å². The number of aromatic nitrogens is 1. The van der Waals surface area contributed by atoms with Crippen molar-refractivity contribution in [1.82, 2.24) is 10.4 Å². The van der Waals surface area contributed by atoms with Crippen LogP contribution in [-0.4, -0.2) is 23.2 Å². The van der Waals surface area contributed by atoms with E-state index in [2.05, 4.69) is 15.5 Å². The number of benzene rings is 2. The lowest BCUT2D eigenvalue weighted by atomic mass is 10.0. The van der Waals surface area contributed by atoms with Crippen LogP contribution in [0, 0.1) is 0 Å². The summed E-state index contributed by atoms with van der Waals surface area (Å²) in [5, 5.41) is 5.09. The molecule has 2 aromatic carbocycles. The van der Waals surface area contributed by atoms with Crippen LogP contribution >= 0.6 is 0 Å². The molecule has 108 valence electrons. The number of rotatable bonds is 3. The van der Waals surface area contributed by atoms with Gasteiger partial charge in [0.1, 0.15) is 18.1 Å². The zero-order valence-electron chi connectivity index (χ0n) is 11.7. The fraction of sp³-hybridized carbons (Fsp3) is 0.0588. The fourth-order valence-electron chi connectivity index (χ4n) is 2.62. The highest BCUT2D eigenvalue weighted by Gasteiger charge is 2.21. The lowest BCUT2D eigenvalue weighted by molar-refractivity contribution is 0.0957. The highest BCUT2D eigenvalue weighted by Crippen LogP contribution is 2.25. The maximum atomic E-state index is 12.1. The van der Waals surface area contributed by atoms with Crippen molar-refractivity contribution < 1.29 is 9.53 Å². The van der Waals surface area contributed by atoms with Gasteiger partial charge in [0.05, 0.1) is 5.56 Å². The van der Waals surface area contributed by atoms with Gasteiger partial charge < -0.3 is 9.72 Å². The number of hydrogen-bond acceptors (Lipinski definition) is 3. The van der Waals surface area contributed by atoms with E-state index in [1.807, 2.05) is 48.7 Å². The Morgan fingerprint density at radius 2 is 1.86 bits per heavy atom. The Kier molecular flexibility index (Phi) is 2.89.